The van der Waals surface area contributed by atoms with E-state index in [4.69, 9.17) is 0 Å². The summed E-state index contributed by atoms with van der Waals surface area (Å²) in [6.07, 6.45) is 5.36. The summed E-state index contributed by atoms with van der Waals surface area (Å²) in [4.78, 5) is 0. The van der Waals surface area contributed by atoms with E-state index >= 15 is 0 Å². The maximum absolute atomic E-state index is 3.75. The van der Waals surface area contributed by atoms with E-state index < -0.39 is 0 Å². The third kappa shape index (κ3) is 3.82. The van der Waals surface area contributed by atoms with Gasteiger partial charge >= 0.3 is 0 Å². The van der Waals surface area contributed by atoms with Gasteiger partial charge in [0.2, 0.25) is 0 Å². The molecule has 108 valence electrons. The first-order valence-electron chi connectivity index (χ1n) is 7.77. The molecule has 1 nitrogen and oxygen atoms in total. The van der Waals surface area contributed by atoms with Gasteiger partial charge in [0.25, 0.3) is 0 Å². The van der Waals surface area contributed by atoms with Crippen LogP contribution in [0.2, 0.25) is 0 Å². The van der Waals surface area contributed by atoms with Crippen molar-refractivity contribution < 1.29 is 0 Å². The normalized spacial score (nSPS) is 28.5. The van der Waals surface area contributed by atoms with Crippen LogP contribution in [0.15, 0.2) is 16.8 Å². The molecule has 1 heterocycles. The average molecular weight is 279 g/mol. The highest BCUT2D eigenvalue weighted by Crippen LogP contribution is 2.42. The zero-order valence-electron chi connectivity index (χ0n) is 12.9. The van der Waals surface area contributed by atoms with Crippen LogP contribution in [0.1, 0.15) is 52.5 Å². The van der Waals surface area contributed by atoms with Gasteiger partial charge in [0.05, 0.1) is 0 Å². The van der Waals surface area contributed by atoms with Gasteiger partial charge in [0.1, 0.15) is 0 Å². The minimum Gasteiger partial charge on any atom is -0.314 e. The van der Waals surface area contributed by atoms with E-state index in [9.17, 15) is 0 Å². The van der Waals surface area contributed by atoms with E-state index in [-0.39, 0.29) is 0 Å². The molecule has 1 aromatic heterocycles. The predicted molar refractivity (Wildman–Crippen MR) is 85.8 cm³/mol. The van der Waals surface area contributed by atoms with Crippen molar-refractivity contribution in [2.75, 3.05) is 6.54 Å². The summed E-state index contributed by atoms with van der Waals surface area (Å²) < 4.78 is 0. The quantitative estimate of drug-likeness (QED) is 0.821. The first-order valence-corrected chi connectivity index (χ1v) is 8.71. The monoisotopic (exact) mass is 279 g/mol. The molecule has 0 spiro atoms. The molecule has 1 aromatic rings. The molecule has 19 heavy (non-hydrogen) atoms. The Labute approximate surface area is 122 Å². The van der Waals surface area contributed by atoms with Crippen LogP contribution in [0.3, 0.4) is 0 Å². The fourth-order valence-corrected chi connectivity index (χ4v) is 4.52. The molecule has 0 aromatic carbocycles. The van der Waals surface area contributed by atoms with Gasteiger partial charge in [-0.1, -0.05) is 34.1 Å². The molecular formula is C17H29NS. The molecule has 3 unspecified atom stereocenters. The van der Waals surface area contributed by atoms with E-state index in [1.807, 2.05) is 11.3 Å². The minimum absolute atomic E-state index is 0.397. The van der Waals surface area contributed by atoms with Crippen molar-refractivity contribution in [3.8, 4) is 0 Å². The van der Waals surface area contributed by atoms with Crippen LogP contribution >= 0.6 is 11.3 Å². The molecule has 1 N–H and O–H groups in total. The van der Waals surface area contributed by atoms with Gasteiger partial charge in [-0.15, -0.1) is 0 Å². The summed E-state index contributed by atoms with van der Waals surface area (Å²) in [5, 5.41) is 8.27. The third-order valence-electron chi connectivity index (χ3n) is 4.82. The fraction of sp³-hybridized carbons (Fsp3) is 0.765. The van der Waals surface area contributed by atoms with Gasteiger partial charge in [-0.3, -0.25) is 0 Å². The molecule has 2 heteroatoms. The van der Waals surface area contributed by atoms with E-state index in [2.05, 4.69) is 49.8 Å². The van der Waals surface area contributed by atoms with Crippen molar-refractivity contribution in [2.45, 2.75) is 59.4 Å². The molecule has 0 bridgehead atoms. The number of hydrogen-bond donors (Lipinski definition) is 1. The SMILES string of the molecule is CCNC1CC(C)CCC1C(C)(C)Cc1ccsc1. The Hall–Kier alpha value is -0.340. The summed E-state index contributed by atoms with van der Waals surface area (Å²) >= 11 is 1.82. The van der Waals surface area contributed by atoms with Crippen LogP contribution in [0, 0.1) is 17.3 Å². The lowest BCUT2D eigenvalue weighted by atomic mass is 9.64. The zero-order valence-corrected chi connectivity index (χ0v) is 13.7. The predicted octanol–water partition coefficient (Wildman–Crippen LogP) is 4.73. The Morgan fingerprint density at radius 1 is 1.37 bits per heavy atom. The fourth-order valence-electron chi connectivity index (χ4n) is 3.85. The standard InChI is InChI=1S/C17H29NS/c1-5-18-16-10-13(2)6-7-15(16)17(3,4)11-14-8-9-19-12-14/h8-9,12-13,15-16,18H,5-7,10-11H2,1-4H3. The molecule has 1 fully saturated rings. The third-order valence-corrected chi connectivity index (χ3v) is 5.55. The molecule has 1 aliphatic carbocycles. The highest BCUT2D eigenvalue weighted by molar-refractivity contribution is 7.07. The maximum atomic E-state index is 3.75. The number of rotatable bonds is 5. The Balaban J connectivity index is 2.07. The van der Waals surface area contributed by atoms with E-state index in [0.717, 1.165) is 18.4 Å². The maximum Gasteiger partial charge on any atom is 0.0103 e. The van der Waals surface area contributed by atoms with Crippen molar-refractivity contribution >= 4 is 11.3 Å². The van der Waals surface area contributed by atoms with Crippen molar-refractivity contribution in [3.05, 3.63) is 22.4 Å². The van der Waals surface area contributed by atoms with Gasteiger partial charge in [0.15, 0.2) is 0 Å². The van der Waals surface area contributed by atoms with E-state index in [0.29, 0.717) is 11.5 Å². The molecule has 3 atom stereocenters. The molecule has 0 aliphatic heterocycles. The first kappa shape index (κ1) is 15.1. The topological polar surface area (TPSA) is 12.0 Å². The summed E-state index contributed by atoms with van der Waals surface area (Å²) in [6, 6.07) is 3.00. The summed E-state index contributed by atoms with van der Waals surface area (Å²) in [5.74, 6) is 1.70. The Morgan fingerprint density at radius 3 is 2.79 bits per heavy atom. The van der Waals surface area contributed by atoms with Gasteiger partial charge in [-0.05, 0) is 65.4 Å². The van der Waals surface area contributed by atoms with Crippen molar-refractivity contribution in [1.29, 1.82) is 0 Å². The largest absolute Gasteiger partial charge is 0.314 e. The van der Waals surface area contributed by atoms with Crippen molar-refractivity contribution in [3.63, 3.8) is 0 Å². The van der Waals surface area contributed by atoms with Crippen LogP contribution in [-0.4, -0.2) is 12.6 Å². The van der Waals surface area contributed by atoms with E-state index in [1.165, 1.54) is 31.2 Å². The van der Waals surface area contributed by atoms with Crippen molar-refractivity contribution in [1.82, 2.24) is 5.32 Å². The molecular weight excluding hydrogens is 250 g/mol. The van der Waals surface area contributed by atoms with Gasteiger partial charge in [0, 0.05) is 6.04 Å². The lowest BCUT2D eigenvalue weighted by Crippen LogP contribution is -2.47. The number of nitrogens with one attached hydrogen (secondary N) is 1. The lowest BCUT2D eigenvalue weighted by Gasteiger charge is -2.44. The summed E-state index contributed by atoms with van der Waals surface area (Å²) in [5.41, 5.74) is 1.91. The Bertz CT molecular complexity index is 369. The van der Waals surface area contributed by atoms with Crippen LogP contribution in [0.25, 0.3) is 0 Å². The van der Waals surface area contributed by atoms with Crippen molar-refractivity contribution in [2.24, 2.45) is 17.3 Å². The Kier molecular flexibility index (Phi) is 5.08. The number of hydrogen-bond acceptors (Lipinski definition) is 2. The number of thiophene rings is 1. The van der Waals surface area contributed by atoms with Crippen LogP contribution in [0.5, 0.6) is 0 Å². The molecule has 0 radical (unpaired) electrons. The molecule has 0 saturated heterocycles. The average Bonchev–Trinajstić information content (AvgIpc) is 2.81. The highest BCUT2D eigenvalue weighted by atomic mass is 32.1. The lowest BCUT2D eigenvalue weighted by molar-refractivity contribution is 0.0950. The Morgan fingerprint density at radius 2 is 2.16 bits per heavy atom. The second-order valence-corrected chi connectivity index (χ2v) is 7.77. The highest BCUT2D eigenvalue weighted by Gasteiger charge is 2.38. The summed E-state index contributed by atoms with van der Waals surface area (Å²) in [7, 11) is 0. The second kappa shape index (κ2) is 6.41. The summed E-state index contributed by atoms with van der Waals surface area (Å²) in [6.45, 7) is 10.7. The smallest absolute Gasteiger partial charge is 0.0103 e. The van der Waals surface area contributed by atoms with Crippen LogP contribution < -0.4 is 5.32 Å². The molecule has 1 aliphatic rings. The van der Waals surface area contributed by atoms with Crippen LogP contribution in [-0.2, 0) is 6.42 Å². The second-order valence-electron chi connectivity index (χ2n) is 6.99. The first-order chi connectivity index (χ1) is 9.03. The molecule has 1 saturated carbocycles. The molecule has 2 rings (SSSR count). The van der Waals surface area contributed by atoms with Gasteiger partial charge < -0.3 is 5.32 Å². The molecule has 0 amide bonds. The van der Waals surface area contributed by atoms with E-state index in [1.54, 1.807) is 0 Å². The minimum atomic E-state index is 0.397. The van der Waals surface area contributed by atoms with Crippen LogP contribution in [0.4, 0.5) is 0 Å². The zero-order chi connectivity index (χ0) is 13.9. The van der Waals surface area contributed by atoms with Gasteiger partial charge in [-0.2, -0.15) is 11.3 Å². The van der Waals surface area contributed by atoms with Gasteiger partial charge in [-0.25, -0.2) is 0 Å².